The van der Waals surface area contributed by atoms with E-state index in [0.717, 1.165) is 28.3 Å². The summed E-state index contributed by atoms with van der Waals surface area (Å²) in [6, 6.07) is 9.41. The molecule has 28 heavy (non-hydrogen) atoms. The Hall–Kier alpha value is -3.26. The summed E-state index contributed by atoms with van der Waals surface area (Å²) in [4.78, 5) is 4.44. The van der Waals surface area contributed by atoms with Crippen LogP contribution in [-0.4, -0.2) is 29.1 Å². The van der Waals surface area contributed by atoms with E-state index in [4.69, 9.17) is 25.8 Å². The highest BCUT2D eigenvalue weighted by atomic mass is 35.5. The molecule has 0 saturated carbocycles. The quantitative estimate of drug-likeness (QED) is 0.644. The van der Waals surface area contributed by atoms with Gasteiger partial charge in [-0.1, -0.05) is 17.7 Å². The molecule has 0 saturated heterocycles. The number of nitrogens with one attached hydrogen (secondary N) is 2. The largest absolute Gasteiger partial charge is 0.495 e. The minimum Gasteiger partial charge on any atom is -0.495 e. The number of aryl methyl sites for hydroxylation is 1. The maximum absolute atomic E-state index is 6.15. The van der Waals surface area contributed by atoms with E-state index in [1.165, 1.54) is 6.20 Å². The minimum absolute atomic E-state index is 0.251. The first-order valence-corrected chi connectivity index (χ1v) is 8.93. The van der Waals surface area contributed by atoms with E-state index in [2.05, 4.69) is 25.8 Å². The predicted molar refractivity (Wildman–Crippen MR) is 106 cm³/mol. The molecule has 0 atom stereocenters. The fourth-order valence-corrected chi connectivity index (χ4v) is 2.89. The van der Waals surface area contributed by atoms with Crippen molar-refractivity contribution in [3.8, 4) is 17.2 Å². The van der Waals surface area contributed by atoms with Crippen molar-refractivity contribution >= 4 is 29.1 Å². The number of halogens is 1. The Kier molecular flexibility index (Phi) is 5.03. The van der Waals surface area contributed by atoms with Gasteiger partial charge in [-0.05, 0) is 36.2 Å². The van der Waals surface area contributed by atoms with E-state index in [1.54, 1.807) is 13.2 Å². The van der Waals surface area contributed by atoms with Crippen molar-refractivity contribution in [2.24, 2.45) is 0 Å². The number of rotatable bonds is 6. The number of aromatic nitrogens is 3. The Morgan fingerprint density at radius 2 is 2.04 bits per heavy atom. The zero-order valence-electron chi connectivity index (χ0n) is 15.3. The molecule has 1 aliphatic heterocycles. The SMILES string of the molecule is COc1cc(Cl)c(C)cc1Nc1cnnc(NCc2ccc3c(c2)OCO3)n1. The van der Waals surface area contributed by atoms with Crippen LogP contribution < -0.4 is 24.8 Å². The van der Waals surface area contributed by atoms with Crippen molar-refractivity contribution in [1.82, 2.24) is 15.2 Å². The second kappa shape index (κ2) is 7.77. The fraction of sp³-hybridized carbons (Fsp3) is 0.211. The average molecular weight is 400 g/mol. The van der Waals surface area contributed by atoms with E-state index >= 15 is 0 Å². The van der Waals surface area contributed by atoms with Gasteiger partial charge in [0.15, 0.2) is 17.3 Å². The maximum Gasteiger partial charge on any atom is 0.244 e. The van der Waals surface area contributed by atoms with Crippen LogP contribution in [0.1, 0.15) is 11.1 Å². The molecule has 2 heterocycles. The van der Waals surface area contributed by atoms with Gasteiger partial charge in [-0.15, -0.1) is 5.10 Å². The topological polar surface area (TPSA) is 90.4 Å². The molecule has 0 amide bonds. The standard InChI is InChI=1S/C19H18ClN5O3/c1-11-5-14(16(26-2)7-13(11)20)23-18-9-22-25-19(24-18)21-8-12-3-4-15-17(6-12)28-10-27-15/h3-7,9H,8,10H2,1-2H3,(H2,21,23,24,25). The Bertz CT molecular complexity index is 1010. The molecular formula is C19H18ClN5O3. The second-order valence-electron chi connectivity index (χ2n) is 6.13. The molecule has 2 N–H and O–H groups in total. The lowest BCUT2D eigenvalue weighted by atomic mass is 10.2. The van der Waals surface area contributed by atoms with Gasteiger partial charge in [-0.3, -0.25) is 0 Å². The highest BCUT2D eigenvalue weighted by molar-refractivity contribution is 6.31. The Balaban J connectivity index is 1.47. The summed E-state index contributed by atoms with van der Waals surface area (Å²) in [6.45, 7) is 2.69. The minimum atomic E-state index is 0.251. The van der Waals surface area contributed by atoms with Gasteiger partial charge in [0.05, 0.1) is 19.0 Å². The molecule has 4 rings (SSSR count). The number of anilines is 3. The normalized spacial score (nSPS) is 12.0. The van der Waals surface area contributed by atoms with E-state index in [-0.39, 0.29) is 6.79 Å². The van der Waals surface area contributed by atoms with Crippen molar-refractivity contribution in [1.29, 1.82) is 0 Å². The van der Waals surface area contributed by atoms with E-state index in [9.17, 15) is 0 Å². The number of nitrogens with zero attached hydrogens (tertiary/aromatic N) is 3. The average Bonchev–Trinajstić information content (AvgIpc) is 3.17. The summed E-state index contributed by atoms with van der Waals surface area (Å²) in [5.41, 5.74) is 2.68. The molecular weight excluding hydrogens is 382 g/mol. The zero-order chi connectivity index (χ0) is 19.5. The van der Waals surface area contributed by atoms with Gasteiger partial charge >= 0.3 is 0 Å². The van der Waals surface area contributed by atoms with Crippen LogP contribution in [-0.2, 0) is 6.54 Å². The molecule has 144 valence electrons. The lowest BCUT2D eigenvalue weighted by Crippen LogP contribution is -2.06. The molecule has 0 spiro atoms. The van der Waals surface area contributed by atoms with Crippen LogP contribution in [0.3, 0.4) is 0 Å². The Labute approximate surface area is 166 Å². The molecule has 0 aliphatic carbocycles. The first-order valence-electron chi connectivity index (χ1n) is 8.55. The van der Waals surface area contributed by atoms with Crippen LogP contribution in [0.4, 0.5) is 17.5 Å². The predicted octanol–water partition coefficient (Wildman–Crippen LogP) is 3.93. The van der Waals surface area contributed by atoms with Crippen LogP contribution in [0.15, 0.2) is 36.5 Å². The highest BCUT2D eigenvalue weighted by Gasteiger charge is 2.13. The zero-order valence-corrected chi connectivity index (χ0v) is 16.1. The second-order valence-corrected chi connectivity index (χ2v) is 6.54. The van der Waals surface area contributed by atoms with Crippen LogP contribution in [0.5, 0.6) is 17.2 Å². The van der Waals surface area contributed by atoms with Crippen molar-refractivity contribution < 1.29 is 14.2 Å². The third kappa shape index (κ3) is 3.86. The maximum atomic E-state index is 6.15. The fourth-order valence-electron chi connectivity index (χ4n) is 2.74. The van der Waals surface area contributed by atoms with Gasteiger partial charge in [0.1, 0.15) is 5.75 Å². The third-order valence-corrected chi connectivity index (χ3v) is 4.60. The molecule has 0 bridgehead atoms. The van der Waals surface area contributed by atoms with Gasteiger partial charge in [0.25, 0.3) is 0 Å². The van der Waals surface area contributed by atoms with Crippen LogP contribution in [0, 0.1) is 6.92 Å². The monoisotopic (exact) mass is 399 g/mol. The first kappa shape index (κ1) is 18.1. The Morgan fingerprint density at radius 1 is 1.18 bits per heavy atom. The summed E-state index contributed by atoms with van der Waals surface area (Å²) >= 11 is 6.15. The Morgan fingerprint density at radius 3 is 2.89 bits per heavy atom. The summed E-state index contributed by atoms with van der Waals surface area (Å²) < 4.78 is 16.1. The summed E-state index contributed by atoms with van der Waals surface area (Å²) in [6.07, 6.45) is 1.54. The van der Waals surface area contributed by atoms with Gasteiger partial charge in [-0.25, -0.2) is 0 Å². The first-order chi connectivity index (χ1) is 13.6. The van der Waals surface area contributed by atoms with Crippen molar-refractivity contribution in [3.63, 3.8) is 0 Å². The van der Waals surface area contributed by atoms with Gasteiger partial charge in [0.2, 0.25) is 12.7 Å². The lowest BCUT2D eigenvalue weighted by Gasteiger charge is -2.13. The van der Waals surface area contributed by atoms with Gasteiger partial charge in [-0.2, -0.15) is 10.1 Å². The summed E-state index contributed by atoms with van der Waals surface area (Å²) in [5, 5.41) is 15.0. The van der Waals surface area contributed by atoms with E-state index in [0.29, 0.717) is 29.1 Å². The van der Waals surface area contributed by atoms with Crippen molar-refractivity contribution in [3.05, 3.63) is 52.7 Å². The van der Waals surface area contributed by atoms with Gasteiger partial charge in [0, 0.05) is 17.6 Å². The molecule has 2 aromatic carbocycles. The number of fused-ring (bicyclic) bond motifs is 1. The highest BCUT2D eigenvalue weighted by Crippen LogP contribution is 2.33. The molecule has 0 radical (unpaired) electrons. The van der Waals surface area contributed by atoms with E-state index in [1.807, 2.05) is 31.2 Å². The van der Waals surface area contributed by atoms with E-state index < -0.39 is 0 Å². The third-order valence-electron chi connectivity index (χ3n) is 4.19. The molecule has 0 unspecified atom stereocenters. The smallest absolute Gasteiger partial charge is 0.244 e. The molecule has 8 nitrogen and oxygen atoms in total. The van der Waals surface area contributed by atoms with Crippen molar-refractivity contribution in [2.45, 2.75) is 13.5 Å². The number of methoxy groups -OCH3 is 1. The molecule has 9 heteroatoms. The molecule has 1 aliphatic rings. The van der Waals surface area contributed by atoms with Crippen LogP contribution in [0.2, 0.25) is 5.02 Å². The number of hydrogen-bond donors (Lipinski definition) is 2. The van der Waals surface area contributed by atoms with Gasteiger partial charge < -0.3 is 24.8 Å². The summed E-state index contributed by atoms with van der Waals surface area (Å²) in [5.74, 6) is 3.03. The number of ether oxygens (including phenoxy) is 3. The number of hydrogen-bond acceptors (Lipinski definition) is 8. The lowest BCUT2D eigenvalue weighted by molar-refractivity contribution is 0.174. The van der Waals surface area contributed by atoms with Crippen LogP contribution >= 0.6 is 11.6 Å². The molecule has 0 fully saturated rings. The van der Waals surface area contributed by atoms with Crippen LogP contribution in [0.25, 0.3) is 0 Å². The summed E-state index contributed by atoms with van der Waals surface area (Å²) in [7, 11) is 1.59. The van der Waals surface area contributed by atoms with Crippen molar-refractivity contribution in [2.75, 3.05) is 24.5 Å². The number of benzene rings is 2. The molecule has 3 aromatic rings. The molecule has 1 aromatic heterocycles.